The topological polar surface area (TPSA) is 42.4 Å². The first-order valence-corrected chi connectivity index (χ1v) is 9.80. The molecule has 0 saturated carbocycles. The lowest BCUT2D eigenvalue weighted by molar-refractivity contribution is -0.00243. The Labute approximate surface area is 163 Å². The van der Waals surface area contributed by atoms with Crippen LogP contribution in [0.3, 0.4) is 0 Å². The lowest BCUT2D eigenvalue weighted by atomic mass is 10.1. The summed E-state index contributed by atoms with van der Waals surface area (Å²) in [6.07, 6.45) is -1.18. The molecule has 0 radical (unpaired) electrons. The number of thiazole rings is 1. The van der Waals surface area contributed by atoms with Crippen molar-refractivity contribution in [3.63, 3.8) is 0 Å². The van der Waals surface area contributed by atoms with Crippen LogP contribution in [0.4, 0.5) is 13.6 Å². The van der Waals surface area contributed by atoms with Gasteiger partial charge in [-0.25, -0.2) is 18.6 Å². The zero-order chi connectivity index (χ0) is 19.1. The molecule has 1 fully saturated rings. The molecule has 1 aliphatic heterocycles. The molecule has 1 amide bonds. The number of hydrogen-bond donors (Lipinski definition) is 0. The Kier molecular flexibility index (Phi) is 5.09. The normalized spacial score (nSPS) is 19.6. The van der Waals surface area contributed by atoms with Crippen molar-refractivity contribution in [2.45, 2.75) is 44.8 Å². The number of halogens is 3. The Hall–Kier alpha value is -1.54. The third-order valence-electron chi connectivity index (χ3n) is 3.84. The number of likely N-dealkylation sites (tertiary alicyclic amines) is 1. The van der Waals surface area contributed by atoms with Crippen molar-refractivity contribution in [1.29, 1.82) is 0 Å². The predicted octanol–water partition coefficient (Wildman–Crippen LogP) is 5.89. The van der Waals surface area contributed by atoms with E-state index in [4.69, 9.17) is 4.74 Å². The highest BCUT2D eigenvalue weighted by Gasteiger charge is 2.49. The molecule has 2 heterocycles. The molecule has 0 aliphatic carbocycles. The minimum Gasteiger partial charge on any atom is -0.444 e. The van der Waals surface area contributed by atoms with Gasteiger partial charge in [0, 0.05) is 21.8 Å². The largest absolute Gasteiger partial charge is 0.444 e. The van der Waals surface area contributed by atoms with Crippen molar-refractivity contribution in [2.24, 2.45) is 0 Å². The van der Waals surface area contributed by atoms with Gasteiger partial charge in [0.1, 0.15) is 10.6 Å². The molecule has 26 heavy (non-hydrogen) atoms. The molecule has 4 nitrogen and oxygen atoms in total. The van der Waals surface area contributed by atoms with Gasteiger partial charge in [-0.15, -0.1) is 11.3 Å². The van der Waals surface area contributed by atoms with Crippen LogP contribution in [0.2, 0.25) is 0 Å². The van der Waals surface area contributed by atoms with Crippen LogP contribution in [0, 0.1) is 0 Å². The summed E-state index contributed by atoms with van der Waals surface area (Å²) in [5.74, 6) is -2.95. The van der Waals surface area contributed by atoms with Gasteiger partial charge in [-0.1, -0.05) is 28.1 Å². The van der Waals surface area contributed by atoms with E-state index >= 15 is 0 Å². The summed E-state index contributed by atoms with van der Waals surface area (Å²) in [4.78, 5) is 18.0. The van der Waals surface area contributed by atoms with E-state index in [9.17, 15) is 13.6 Å². The van der Waals surface area contributed by atoms with Crippen LogP contribution >= 0.6 is 27.3 Å². The van der Waals surface area contributed by atoms with Crippen molar-refractivity contribution in [3.05, 3.63) is 39.1 Å². The second-order valence-electron chi connectivity index (χ2n) is 7.26. The van der Waals surface area contributed by atoms with Crippen LogP contribution in [0.25, 0.3) is 11.3 Å². The Balaban J connectivity index is 1.86. The Morgan fingerprint density at radius 3 is 2.62 bits per heavy atom. The van der Waals surface area contributed by atoms with Crippen molar-refractivity contribution in [2.75, 3.05) is 6.54 Å². The third kappa shape index (κ3) is 4.40. The van der Waals surface area contributed by atoms with Crippen molar-refractivity contribution in [1.82, 2.24) is 9.88 Å². The molecule has 2 aromatic rings. The maximum atomic E-state index is 14.0. The van der Waals surface area contributed by atoms with Crippen LogP contribution in [0.15, 0.2) is 34.1 Å². The first-order valence-electron chi connectivity index (χ1n) is 8.13. The quantitative estimate of drug-likeness (QED) is 0.579. The molecule has 8 heteroatoms. The number of nitrogens with zero attached hydrogens (tertiary/aromatic N) is 2. The standard InChI is InChI=1S/C18H19BrF2N2O2S/c1-17(2,3)25-16(24)23-10-18(20,21)8-14(23)15-22-13(9-26-15)11-4-6-12(19)7-5-11/h4-7,9,14H,8,10H2,1-3H3/t14-/m0/s1. The van der Waals surface area contributed by atoms with Gasteiger partial charge in [-0.3, -0.25) is 4.90 Å². The second-order valence-corrected chi connectivity index (χ2v) is 9.07. The van der Waals surface area contributed by atoms with E-state index in [0.29, 0.717) is 10.7 Å². The number of carbonyl (C=O) groups is 1. The van der Waals surface area contributed by atoms with Gasteiger partial charge in [-0.05, 0) is 32.9 Å². The van der Waals surface area contributed by atoms with Gasteiger partial charge in [0.25, 0.3) is 5.92 Å². The molecule has 0 bridgehead atoms. The second kappa shape index (κ2) is 6.88. The molecule has 1 aromatic carbocycles. The molecular formula is C18H19BrF2N2O2S. The molecule has 1 atom stereocenters. The summed E-state index contributed by atoms with van der Waals surface area (Å²) in [6, 6.07) is 6.81. The van der Waals surface area contributed by atoms with Gasteiger partial charge in [-0.2, -0.15) is 0 Å². The fourth-order valence-corrected chi connectivity index (χ4v) is 3.95. The Morgan fingerprint density at radius 2 is 2.00 bits per heavy atom. The van der Waals surface area contributed by atoms with Crippen molar-refractivity contribution >= 4 is 33.4 Å². The molecular weight excluding hydrogens is 426 g/mol. The van der Waals surface area contributed by atoms with Crippen LogP contribution in [0.5, 0.6) is 0 Å². The number of benzene rings is 1. The Bertz CT molecular complexity index is 802. The molecule has 0 spiro atoms. The Morgan fingerprint density at radius 1 is 1.35 bits per heavy atom. The first-order chi connectivity index (χ1) is 12.0. The lowest BCUT2D eigenvalue weighted by Gasteiger charge is -2.27. The summed E-state index contributed by atoms with van der Waals surface area (Å²) < 4.78 is 34.3. The summed E-state index contributed by atoms with van der Waals surface area (Å²) in [7, 11) is 0. The van der Waals surface area contributed by atoms with Gasteiger partial charge in [0.2, 0.25) is 0 Å². The minimum absolute atomic E-state index is 0.445. The van der Waals surface area contributed by atoms with Gasteiger partial charge in [0.15, 0.2) is 0 Å². The summed E-state index contributed by atoms with van der Waals surface area (Å²) in [5, 5.41) is 2.31. The maximum absolute atomic E-state index is 14.0. The smallest absolute Gasteiger partial charge is 0.411 e. The number of rotatable bonds is 2. The molecule has 0 unspecified atom stereocenters. The van der Waals surface area contributed by atoms with Gasteiger partial charge < -0.3 is 4.74 Å². The number of amides is 1. The lowest BCUT2D eigenvalue weighted by Crippen LogP contribution is -2.37. The van der Waals surface area contributed by atoms with E-state index in [-0.39, 0.29) is 0 Å². The van der Waals surface area contributed by atoms with Crippen molar-refractivity contribution < 1.29 is 18.3 Å². The molecule has 1 aromatic heterocycles. The predicted molar refractivity (Wildman–Crippen MR) is 100 cm³/mol. The summed E-state index contributed by atoms with van der Waals surface area (Å²) in [6.45, 7) is 4.48. The number of aromatic nitrogens is 1. The van der Waals surface area contributed by atoms with E-state index < -0.39 is 36.6 Å². The van der Waals surface area contributed by atoms with E-state index in [0.717, 1.165) is 14.9 Å². The SMILES string of the molecule is CC(C)(C)OC(=O)N1CC(F)(F)C[C@H]1c1nc(-c2ccc(Br)cc2)cs1. The summed E-state index contributed by atoms with van der Waals surface area (Å²) >= 11 is 4.66. The van der Waals surface area contributed by atoms with Crippen LogP contribution in [0.1, 0.15) is 38.2 Å². The molecule has 3 rings (SSSR count). The van der Waals surface area contributed by atoms with Crippen LogP contribution in [-0.4, -0.2) is 34.0 Å². The first kappa shape index (κ1) is 19.2. The highest BCUT2D eigenvalue weighted by molar-refractivity contribution is 9.10. The molecule has 1 saturated heterocycles. The monoisotopic (exact) mass is 444 g/mol. The molecule has 0 N–H and O–H groups in total. The zero-order valence-corrected chi connectivity index (χ0v) is 17.0. The average molecular weight is 445 g/mol. The van der Waals surface area contributed by atoms with E-state index in [1.165, 1.54) is 11.3 Å². The zero-order valence-electron chi connectivity index (χ0n) is 14.6. The molecule has 140 valence electrons. The van der Waals surface area contributed by atoms with Crippen LogP contribution in [-0.2, 0) is 4.74 Å². The van der Waals surface area contributed by atoms with Crippen LogP contribution < -0.4 is 0 Å². The van der Waals surface area contributed by atoms with E-state index in [2.05, 4.69) is 20.9 Å². The van der Waals surface area contributed by atoms with E-state index in [1.807, 2.05) is 29.6 Å². The highest BCUT2D eigenvalue weighted by atomic mass is 79.9. The highest BCUT2D eigenvalue weighted by Crippen LogP contribution is 2.43. The van der Waals surface area contributed by atoms with Gasteiger partial charge >= 0.3 is 6.09 Å². The summed E-state index contributed by atoms with van der Waals surface area (Å²) in [5.41, 5.74) is 0.853. The number of hydrogen-bond acceptors (Lipinski definition) is 4. The molecule has 1 aliphatic rings. The fraction of sp³-hybridized carbons (Fsp3) is 0.444. The van der Waals surface area contributed by atoms with Gasteiger partial charge in [0.05, 0.1) is 18.3 Å². The fourth-order valence-electron chi connectivity index (χ4n) is 2.74. The van der Waals surface area contributed by atoms with Crippen molar-refractivity contribution in [3.8, 4) is 11.3 Å². The number of alkyl halides is 2. The number of carbonyl (C=O) groups excluding carboxylic acids is 1. The maximum Gasteiger partial charge on any atom is 0.411 e. The number of ether oxygens (including phenoxy) is 1. The minimum atomic E-state index is -2.95. The van der Waals surface area contributed by atoms with E-state index in [1.54, 1.807) is 20.8 Å². The third-order valence-corrected chi connectivity index (χ3v) is 5.32. The average Bonchev–Trinajstić information content (AvgIpc) is 3.10.